The molecule has 4 atom stereocenters. The monoisotopic (exact) mass is 530 g/mol. The predicted octanol–water partition coefficient (Wildman–Crippen LogP) is 3.12. The van der Waals surface area contributed by atoms with Gasteiger partial charge in [0.1, 0.15) is 18.7 Å². The largest absolute Gasteiger partial charge is 0.349 e. The number of amides is 2. The molecule has 3 N–H and O–H groups in total. The SMILES string of the molecule is CCc1cc(-c2ccc(C(=O)N[C@H](C(=O)N3C[C@H](Cl)[C@@]4(N)OCC(=O)[C@@H]34)C3CCCCC3)s2)ccn1. The third-order valence-corrected chi connectivity index (χ3v) is 9.22. The number of aromatic nitrogens is 1. The molecule has 8 nitrogen and oxygen atoms in total. The molecule has 36 heavy (non-hydrogen) atoms. The van der Waals surface area contributed by atoms with E-state index in [2.05, 4.69) is 17.2 Å². The Hall–Kier alpha value is -2.33. The molecule has 3 fully saturated rings. The lowest BCUT2D eigenvalue weighted by molar-refractivity contribution is -0.140. The molecule has 0 spiro atoms. The van der Waals surface area contributed by atoms with Crippen LogP contribution in [0.25, 0.3) is 10.4 Å². The number of nitrogens with one attached hydrogen (secondary N) is 1. The quantitative estimate of drug-likeness (QED) is 0.554. The fourth-order valence-electron chi connectivity index (χ4n) is 5.60. The molecular formula is C26H31ClN4O4S. The molecule has 10 heteroatoms. The third kappa shape index (κ3) is 4.58. The molecule has 2 aromatic rings. The summed E-state index contributed by atoms with van der Waals surface area (Å²) in [7, 11) is 0. The second kappa shape index (κ2) is 10.2. The second-order valence-electron chi connectivity index (χ2n) is 9.87. The minimum absolute atomic E-state index is 0.0130. The van der Waals surface area contributed by atoms with Crippen LogP contribution in [0.4, 0.5) is 0 Å². The number of aryl methyl sites for hydroxylation is 1. The van der Waals surface area contributed by atoms with Crippen LogP contribution < -0.4 is 11.1 Å². The van der Waals surface area contributed by atoms with Crippen molar-refractivity contribution in [3.63, 3.8) is 0 Å². The van der Waals surface area contributed by atoms with Crippen molar-refractivity contribution in [1.82, 2.24) is 15.2 Å². The number of rotatable bonds is 6. The average molecular weight is 531 g/mol. The highest BCUT2D eigenvalue weighted by molar-refractivity contribution is 7.17. The summed E-state index contributed by atoms with van der Waals surface area (Å²) in [4.78, 5) is 47.1. The lowest BCUT2D eigenvalue weighted by Gasteiger charge is -2.34. The fourth-order valence-corrected chi connectivity index (χ4v) is 6.84. The second-order valence-corrected chi connectivity index (χ2v) is 11.5. The van der Waals surface area contributed by atoms with Crippen molar-refractivity contribution in [2.75, 3.05) is 13.2 Å². The van der Waals surface area contributed by atoms with E-state index in [1.807, 2.05) is 18.2 Å². The molecule has 1 aliphatic carbocycles. The van der Waals surface area contributed by atoms with Crippen molar-refractivity contribution in [1.29, 1.82) is 0 Å². The van der Waals surface area contributed by atoms with Crippen molar-refractivity contribution in [2.45, 2.75) is 68.6 Å². The van der Waals surface area contributed by atoms with E-state index in [-0.39, 0.29) is 36.7 Å². The summed E-state index contributed by atoms with van der Waals surface area (Å²) in [6.45, 7) is 1.99. The zero-order valence-electron chi connectivity index (χ0n) is 20.2. The fraction of sp³-hybridized carbons (Fsp3) is 0.538. The molecule has 2 aliphatic heterocycles. The molecule has 0 radical (unpaired) electrons. The van der Waals surface area contributed by atoms with E-state index < -0.39 is 23.2 Å². The van der Waals surface area contributed by atoms with Crippen molar-refractivity contribution < 1.29 is 19.1 Å². The van der Waals surface area contributed by atoms with Gasteiger partial charge in [-0.2, -0.15) is 0 Å². The minimum atomic E-state index is -1.39. The number of pyridine rings is 1. The Kier molecular flexibility index (Phi) is 7.18. The van der Waals surface area contributed by atoms with Gasteiger partial charge in [-0.25, -0.2) is 0 Å². The maximum Gasteiger partial charge on any atom is 0.262 e. The lowest BCUT2D eigenvalue weighted by Crippen LogP contribution is -2.59. The number of ketones is 1. The Morgan fingerprint density at radius 3 is 2.83 bits per heavy atom. The number of ether oxygens (including phenoxy) is 1. The summed E-state index contributed by atoms with van der Waals surface area (Å²) in [5, 5.41) is 2.32. The van der Waals surface area contributed by atoms with Gasteiger partial charge in [0.2, 0.25) is 5.91 Å². The molecule has 1 saturated carbocycles. The lowest BCUT2D eigenvalue weighted by atomic mass is 9.83. The van der Waals surface area contributed by atoms with E-state index in [4.69, 9.17) is 22.1 Å². The maximum absolute atomic E-state index is 13.9. The van der Waals surface area contributed by atoms with Crippen LogP contribution in [0, 0.1) is 5.92 Å². The molecule has 2 saturated heterocycles. The molecule has 2 aromatic heterocycles. The number of halogens is 1. The molecule has 0 bridgehead atoms. The molecule has 4 heterocycles. The van der Waals surface area contributed by atoms with Gasteiger partial charge in [0, 0.05) is 23.3 Å². The standard InChI is InChI=1S/C26H31ClN4O4S/c1-2-17-12-16(10-11-29-17)19-8-9-20(36-19)24(33)30-22(15-6-4-3-5-7-15)25(34)31-13-21(27)26(28)23(31)18(32)14-35-26/h8-12,15,21-23H,2-7,13-14,28H2,1H3,(H,30,33)/t21-,22-,23+,26+/m0/s1. The number of thiophene rings is 1. The van der Waals surface area contributed by atoms with Crippen molar-refractivity contribution in [3.8, 4) is 10.4 Å². The van der Waals surface area contributed by atoms with Gasteiger partial charge in [0.15, 0.2) is 11.5 Å². The van der Waals surface area contributed by atoms with Crippen LogP contribution in [0.5, 0.6) is 0 Å². The van der Waals surface area contributed by atoms with Gasteiger partial charge in [-0.3, -0.25) is 19.4 Å². The molecule has 192 valence electrons. The van der Waals surface area contributed by atoms with Crippen LogP contribution in [-0.2, 0) is 20.7 Å². The van der Waals surface area contributed by atoms with Gasteiger partial charge < -0.3 is 20.7 Å². The zero-order chi connectivity index (χ0) is 25.4. The molecule has 2 amide bonds. The zero-order valence-corrected chi connectivity index (χ0v) is 21.8. The molecule has 0 aromatic carbocycles. The number of carbonyl (C=O) groups excluding carboxylic acids is 3. The van der Waals surface area contributed by atoms with Crippen molar-refractivity contribution in [3.05, 3.63) is 41.0 Å². The predicted molar refractivity (Wildman–Crippen MR) is 138 cm³/mol. The first-order chi connectivity index (χ1) is 17.3. The first-order valence-corrected chi connectivity index (χ1v) is 13.8. The highest BCUT2D eigenvalue weighted by Gasteiger charge is 2.61. The number of fused-ring (bicyclic) bond motifs is 1. The van der Waals surface area contributed by atoms with Gasteiger partial charge in [0.25, 0.3) is 5.91 Å². The minimum Gasteiger partial charge on any atom is -0.349 e. The van der Waals surface area contributed by atoms with E-state index in [9.17, 15) is 14.4 Å². The number of nitrogens with two attached hydrogens (primary N) is 1. The Morgan fingerprint density at radius 1 is 1.31 bits per heavy atom. The topological polar surface area (TPSA) is 115 Å². The first-order valence-electron chi connectivity index (χ1n) is 12.6. The maximum atomic E-state index is 13.9. The van der Waals surface area contributed by atoms with E-state index >= 15 is 0 Å². The van der Waals surface area contributed by atoms with E-state index in [1.165, 1.54) is 16.2 Å². The van der Waals surface area contributed by atoms with Gasteiger partial charge in [-0.05, 0) is 55.0 Å². The average Bonchev–Trinajstić information content (AvgIpc) is 3.58. The highest BCUT2D eigenvalue weighted by atomic mass is 35.5. The molecule has 3 aliphatic rings. The van der Waals surface area contributed by atoms with Crippen LogP contribution in [0.15, 0.2) is 30.5 Å². The number of hydrogen-bond acceptors (Lipinski definition) is 7. The summed E-state index contributed by atoms with van der Waals surface area (Å²) in [5.41, 5.74) is 6.92. The van der Waals surface area contributed by atoms with E-state index in [1.54, 1.807) is 12.3 Å². The van der Waals surface area contributed by atoms with Gasteiger partial charge in [-0.15, -0.1) is 22.9 Å². The van der Waals surface area contributed by atoms with Crippen LogP contribution in [0.2, 0.25) is 0 Å². The first kappa shape index (κ1) is 25.3. The van der Waals surface area contributed by atoms with Gasteiger partial charge >= 0.3 is 0 Å². The van der Waals surface area contributed by atoms with Gasteiger partial charge in [-0.1, -0.05) is 26.2 Å². The summed E-state index contributed by atoms with van der Waals surface area (Å²) in [6, 6.07) is 5.97. The summed E-state index contributed by atoms with van der Waals surface area (Å²) < 4.78 is 5.52. The normalized spacial score (nSPS) is 27.2. The van der Waals surface area contributed by atoms with Crippen LogP contribution in [-0.4, -0.2) is 63.8 Å². The van der Waals surface area contributed by atoms with Crippen LogP contribution in [0.3, 0.4) is 0 Å². The molecule has 0 unspecified atom stereocenters. The van der Waals surface area contributed by atoms with E-state index in [0.717, 1.165) is 54.7 Å². The number of alkyl halides is 1. The highest BCUT2D eigenvalue weighted by Crippen LogP contribution is 2.38. The van der Waals surface area contributed by atoms with Crippen molar-refractivity contribution in [2.24, 2.45) is 11.7 Å². The van der Waals surface area contributed by atoms with Crippen LogP contribution >= 0.6 is 22.9 Å². The number of hydrogen-bond donors (Lipinski definition) is 2. The van der Waals surface area contributed by atoms with Crippen LogP contribution in [0.1, 0.15) is 54.4 Å². The number of nitrogens with zero attached hydrogens (tertiary/aromatic N) is 2. The smallest absolute Gasteiger partial charge is 0.262 e. The Morgan fingerprint density at radius 2 is 2.08 bits per heavy atom. The number of Topliss-reactive ketones (excluding diaryl/α,β-unsaturated/α-hetero) is 1. The summed E-state index contributed by atoms with van der Waals surface area (Å²) in [6.07, 6.45) is 7.39. The molecule has 5 rings (SSSR count). The van der Waals surface area contributed by atoms with E-state index in [0.29, 0.717) is 4.88 Å². The number of carbonyl (C=O) groups is 3. The summed E-state index contributed by atoms with van der Waals surface area (Å²) in [5.74, 6) is -0.875. The number of likely N-dealkylation sites (tertiary alicyclic amines) is 1. The Bertz CT molecular complexity index is 1170. The van der Waals surface area contributed by atoms with Crippen molar-refractivity contribution >= 4 is 40.5 Å². The third-order valence-electron chi connectivity index (χ3n) is 7.61. The molecular weight excluding hydrogens is 500 g/mol. The van der Waals surface area contributed by atoms with Gasteiger partial charge in [0.05, 0.1) is 10.3 Å². The Balaban J connectivity index is 1.38. The Labute approximate surface area is 219 Å². The summed E-state index contributed by atoms with van der Waals surface area (Å²) >= 11 is 7.83.